The highest BCUT2D eigenvalue weighted by Gasteiger charge is 2.20. The second kappa shape index (κ2) is 8.71. The van der Waals surface area contributed by atoms with Crippen LogP contribution >= 0.6 is 0 Å². The van der Waals surface area contributed by atoms with Gasteiger partial charge in [-0.05, 0) is 24.3 Å². The van der Waals surface area contributed by atoms with Crippen LogP contribution in [0.5, 0.6) is 11.5 Å². The average molecular weight is 455 g/mol. The highest BCUT2D eigenvalue weighted by Crippen LogP contribution is 2.28. The van der Waals surface area contributed by atoms with Crippen molar-refractivity contribution in [2.45, 2.75) is 11.4 Å². The number of nitrogens with one attached hydrogen (secondary N) is 2. The molecule has 0 radical (unpaired) electrons. The second-order valence-electron chi connectivity index (χ2n) is 6.90. The summed E-state index contributed by atoms with van der Waals surface area (Å²) in [6, 6.07) is 12.7. The third-order valence-corrected chi connectivity index (χ3v) is 6.03. The van der Waals surface area contributed by atoms with Gasteiger partial charge >= 0.3 is 0 Å². The molecule has 0 amide bonds. The van der Waals surface area contributed by atoms with Crippen molar-refractivity contribution in [1.29, 1.82) is 0 Å². The fourth-order valence-electron chi connectivity index (χ4n) is 3.10. The molecule has 4 rings (SSSR count). The number of sulfonamides is 1. The molecule has 0 bridgehead atoms. The molecule has 2 aromatic heterocycles. The second-order valence-corrected chi connectivity index (χ2v) is 8.58. The molecule has 0 aliphatic carbocycles. The van der Waals surface area contributed by atoms with E-state index in [1.54, 1.807) is 39.5 Å². The van der Waals surface area contributed by atoms with Crippen molar-refractivity contribution in [2.24, 2.45) is 7.05 Å². The molecule has 4 aromatic rings. The van der Waals surface area contributed by atoms with Gasteiger partial charge < -0.3 is 14.8 Å². The van der Waals surface area contributed by atoms with E-state index in [9.17, 15) is 8.42 Å². The molecular weight excluding hydrogens is 432 g/mol. The SMILES string of the molecule is COc1ccc(CNc2nc3ccccc3nc2NS(=O)(=O)c2cnn(C)c2)c(OC)c1. The Labute approximate surface area is 185 Å². The molecule has 0 saturated carbocycles. The van der Waals surface area contributed by atoms with E-state index in [0.717, 1.165) is 5.56 Å². The summed E-state index contributed by atoms with van der Waals surface area (Å²) in [7, 11) is 0.890. The van der Waals surface area contributed by atoms with Crippen LogP contribution in [0.4, 0.5) is 11.6 Å². The van der Waals surface area contributed by atoms with Gasteiger partial charge in [0.2, 0.25) is 0 Å². The molecule has 0 saturated heterocycles. The Morgan fingerprint density at radius 2 is 1.72 bits per heavy atom. The monoisotopic (exact) mass is 454 g/mol. The van der Waals surface area contributed by atoms with Gasteiger partial charge in [0.1, 0.15) is 16.4 Å². The quantitative estimate of drug-likeness (QED) is 0.417. The maximum absolute atomic E-state index is 12.9. The Morgan fingerprint density at radius 1 is 1.00 bits per heavy atom. The van der Waals surface area contributed by atoms with Crippen LogP contribution in [0.2, 0.25) is 0 Å². The largest absolute Gasteiger partial charge is 0.497 e. The van der Waals surface area contributed by atoms with Gasteiger partial charge in [-0.1, -0.05) is 12.1 Å². The van der Waals surface area contributed by atoms with Gasteiger partial charge in [0, 0.05) is 31.4 Å². The zero-order chi connectivity index (χ0) is 22.7. The van der Waals surface area contributed by atoms with Crippen LogP contribution in [0.15, 0.2) is 59.8 Å². The number of aryl methyl sites for hydroxylation is 1. The maximum Gasteiger partial charge on any atom is 0.266 e. The topological polar surface area (TPSA) is 120 Å². The number of aromatic nitrogens is 4. The summed E-state index contributed by atoms with van der Waals surface area (Å²) in [6.45, 7) is 0.321. The van der Waals surface area contributed by atoms with Crippen molar-refractivity contribution in [3.05, 3.63) is 60.4 Å². The number of ether oxygens (including phenoxy) is 2. The van der Waals surface area contributed by atoms with E-state index < -0.39 is 10.0 Å². The van der Waals surface area contributed by atoms with Crippen LogP contribution < -0.4 is 19.5 Å². The summed E-state index contributed by atoms with van der Waals surface area (Å²) in [6.07, 6.45) is 2.68. The lowest BCUT2D eigenvalue weighted by Gasteiger charge is -2.15. The molecule has 0 aliphatic rings. The summed E-state index contributed by atoms with van der Waals surface area (Å²) in [5.41, 5.74) is 2.02. The smallest absolute Gasteiger partial charge is 0.266 e. The van der Waals surface area contributed by atoms with E-state index >= 15 is 0 Å². The van der Waals surface area contributed by atoms with Crippen LogP contribution in [-0.2, 0) is 23.6 Å². The van der Waals surface area contributed by atoms with Crippen LogP contribution in [0.3, 0.4) is 0 Å². The molecule has 166 valence electrons. The number of nitrogens with zero attached hydrogens (tertiary/aromatic N) is 4. The summed E-state index contributed by atoms with van der Waals surface area (Å²) in [5.74, 6) is 1.66. The highest BCUT2D eigenvalue weighted by molar-refractivity contribution is 7.92. The van der Waals surface area contributed by atoms with E-state index in [1.807, 2.05) is 24.3 Å². The number of fused-ring (bicyclic) bond motifs is 1. The number of methoxy groups -OCH3 is 2. The molecule has 2 aromatic carbocycles. The molecule has 2 N–H and O–H groups in total. The first-order chi connectivity index (χ1) is 15.4. The molecule has 0 spiro atoms. The Kier molecular flexibility index (Phi) is 5.82. The molecule has 0 unspecified atom stereocenters. The number of benzene rings is 2. The van der Waals surface area contributed by atoms with Gasteiger partial charge in [0.05, 0.1) is 31.4 Å². The summed E-state index contributed by atoms with van der Waals surface area (Å²) >= 11 is 0. The first-order valence-corrected chi connectivity index (χ1v) is 11.1. The molecular formula is C21H22N6O4S. The minimum atomic E-state index is -3.91. The molecule has 0 fully saturated rings. The van der Waals surface area contributed by atoms with E-state index in [-0.39, 0.29) is 16.5 Å². The first-order valence-electron chi connectivity index (χ1n) is 9.62. The predicted octanol–water partition coefficient (Wildman–Crippen LogP) is 2.79. The van der Waals surface area contributed by atoms with Crippen LogP contribution in [0, 0.1) is 0 Å². The fraction of sp³-hybridized carbons (Fsp3) is 0.190. The summed E-state index contributed by atoms with van der Waals surface area (Å²) in [4.78, 5) is 9.08. The first kappa shape index (κ1) is 21.4. The number of hydrogen-bond donors (Lipinski definition) is 2. The number of hydrogen-bond acceptors (Lipinski definition) is 8. The standard InChI is InChI=1S/C21H22N6O4S/c1-27-13-16(12-23-27)32(28,29)26-21-20(24-17-6-4-5-7-18(17)25-21)22-11-14-8-9-15(30-2)10-19(14)31-3/h4-10,12-13H,11H2,1-3H3,(H,22,24)(H,25,26). The maximum atomic E-state index is 12.9. The van der Waals surface area contributed by atoms with Crippen molar-refractivity contribution < 1.29 is 17.9 Å². The van der Waals surface area contributed by atoms with Crippen molar-refractivity contribution in [3.63, 3.8) is 0 Å². The molecule has 2 heterocycles. The van der Waals surface area contributed by atoms with Gasteiger partial charge in [-0.15, -0.1) is 0 Å². The number of anilines is 2. The molecule has 11 heteroatoms. The van der Waals surface area contributed by atoms with Crippen molar-refractivity contribution in [3.8, 4) is 11.5 Å². The van der Waals surface area contributed by atoms with Gasteiger partial charge in [-0.25, -0.2) is 18.4 Å². The highest BCUT2D eigenvalue weighted by atomic mass is 32.2. The Hall–Kier alpha value is -3.86. The third-order valence-electron chi connectivity index (χ3n) is 4.73. The minimum absolute atomic E-state index is 0.0257. The lowest BCUT2D eigenvalue weighted by Crippen LogP contribution is -2.16. The lowest BCUT2D eigenvalue weighted by atomic mass is 10.2. The van der Waals surface area contributed by atoms with E-state index in [4.69, 9.17) is 9.47 Å². The van der Waals surface area contributed by atoms with Gasteiger partial charge in [-0.3, -0.25) is 9.40 Å². The predicted molar refractivity (Wildman–Crippen MR) is 120 cm³/mol. The third kappa shape index (κ3) is 4.42. The van der Waals surface area contributed by atoms with Crippen LogP contribution in [0.1, 0.15) is 5.56 Å². The molecule has 0 atom stereocenters. The molecule has 10 nitrogen and oxygen atoms in total. The zero-order valence-corrected chi connectivity index (χ0v) is 18.5. The zero-order valence-electron chi connectivity index (χ0n) is 17.7. The molecule has 32 heavy (non-hydrogen) atoms. The van der Waals surface area contributed by atoms with Gasteiger partial charge in [0.25, 0.3) is 10.0 Å². The van der Waals surface area contributed by atoms with Crippen LogP contribution in [0.25, 0.3) is 11.0 Å². The summed E-state index contributed by atoms with van der Waals surface area (Å²) in [5, 5.41) is 7.10. The number of para-hydroxylation sites is 2. The summed E-state index contributed by atoms with van der Waals surface area (Å²) < 4.78 is 40.3. The van der Waals surface area contributed by atoms with E-state index in [1.165, 1.54) is 17.1 Å². The molecule has 0 aliphatic heterocycles. The van der Waals surface area contributed by atoms with E-state index in [2.05, 4.69) is 25.1 Å². The van der Waals surface area contributed by atoms with Crippen LogP contribution in [-0.4, -0.2) is 42.4 Å². The van der Waals surface area contributed by atoms with Gasteiger partial charge in [-0.2, -0.15) is 5.10 Å². The Morgan fingerprint density at radius 3 is 2.34 bits per heavy atom. The number of rotatable bonds is 8. The Bertz CT molecular complexity index is 1370. The Balaban J connectivity index is 1.69. The van der Waals surface area contributed by atoms with Crippen molar-refractivity contribution >= 4 is 32.7 Å². The van der Waals surface area contributed by atoms with E-state index in [0.29, 0.717) is 29.1 Å². The normalized spacial score (nSPS) is 11.3. The fourth-order valence-corrected chi connectivity index (χ4v) is 4.09. The van der Waals surface area contributed by atoms with Crippen molar-refractivity contribution in [1.82, 2.24) is 19.7 Å². The minimum Gasteiger partial charge on any atom is -0.497 e. The average Bonchev–Trinajstić information content (AvgIpc) is 3.24. The van der Waals surface area contributed by atoms with Gasteiger partial charge in [0.15, 0.2) is 11.6 Å². The van der Waals surface area contributed by atoms with Crippen molar-refractivity contribution in [2.75, 3.05) is 24.3 Å². The lowest BCUT2D eigenvalue weighted by molar-refractivity contribution is 0.391.